The molecule has 1 saturated heterocycles. The Morgan fingerprint density at radius 2 is 1.94 bits per heavy atom. The number of aromatic nitrogens is 1. The molecule has 1 aromatic carbocycles. The van der Waals surface area contributed by atoms with E-state index in [1.165, 1.54) is 4.90 Å². The second kappa shape index (κ2) is 12.0. The topological polar surface area (TPSA) is 178 Å². The molecule has 0 saturated carbocycles. The van der Waals surface area contributed by atoms with Crippen molar-refractivity contribution in [2.45, 2.75) is 63.7 Å². The van der Waals surface area contributed by atoms with E-state index in [9.17, 15) is 29.4 Å². The number of H-pyrrole nitrogens is 1. The van der Waals surface area contributed by atoms with E-state index in [2.05, 4.69) is 15.6 Å². The maximum Gasteiger partial charge on any atom is 0.326 e. The van der Waals surface area contributed by atoms with Gasteiger partial charge in [0.2, 0.25) is 17.7 Å². The quantitative estimate of drug-likeness (QED) is 0.253. The van der Waals surface area contributed by atoms with Crippen molar-refractivity contribution >= 4 is 34.6 Å². The Labute approximate surface area is 209 Å². The van der Waals surface area contributed by atoms with Crippen molar-refractivity contribution in [1.82, 2.24) is 20.5 Å². The minimum absolute atomic E-state index is 0.0797. The number of nitrogens with zero attached hydrogens (tertiary/aromatic N) is 1. The summed E-state index contributed by atoms with van der Waals surface area (Å²) in [5, 5.41) is 25.1. The number of aliphatic hydroxyl groups is 1. The highest BCUT2D eigenvalue weighted by atomic mass is 16.4. The number of carbonyl (C=O) groups is 4. The van der Waals surface area contributed by atoms with Crippen LogP contribution in [-0.2, 0) is 25.6 Å². The first-order valence-corrected chi connectivity index (χ1v) is 12.2. The van der Waals surface area contributed by atoms with Crippen molar-refractivity contribution in [2.24, 2.45) is 11.7 Å². The lowest BCUT2D eigenvalue weighted by molar-refractivity contribution is -0.145. The number of aromatic amines is 1. The van der Waals surface area contributed by atoms with Gasteiger partial charge in [-0.25, -0.2) is 4.79 Å². The van der Waals surface area contributed by atoms with E-state index in [0.717, 1.165) is 16.5 Å². The van der Waals surface area contributed by atoms with Crippen LogP contribution in [-0.4, -0.2) is 81.1 Å². The zero-order chi connectivity index (χ0) is 26.4. The molecule has 0 aliphatic carbocycles. The second-order valence-electron chi connectivity index (χ2n) is 9.31. The van der Waals surface area contributed by atoms with Crippen LogP contribution in [0.3, 0.4) is 0 Å². The molecule has 2 aromatic rings. The number of amides is 3. The Morgan fingerprint density at radius 1 is 1.22 bits per heavy atom. The predicted octanol–water partition coefficient (Wildman–Crippen LogP) is 0.121. The van der Waals surface area contributed by atoms with Gasteiger partial charge in [-0.15, -0.1) is 0 Å². The number of rotatable bonds is 11. The van der Waals surface area contributed by atoms with Crippen LogP contribution >= 0.6 is 0 Å². The van der Waals surface area contributed by atoms with Gasteiger partial charge in [0.25, 0.3) is 0 Å². The molecule has 1 aromatic heterocycles. The molecular weight excluding hydrogens is 466 g/mol. The predicted molar refractivity (Wildman–Crippen MR) is 133 cm³/mol. The Bertz CT molecular complexity index is 1100. The number of aliphatic hydroxyl groups excluding tert-OH is 1. The van der Waals surface area contributed by atoms with Gasteiger partial charge >= 0.3 is 5.97 Å². The number of hydrogen-bond donors (Lipinski definition) is 6. The van der Waals surface area contributed by atoms with Gasteiger partial charge in [-0.1, -0.05) is 38.5 Å². The SMILES string of the molecule is CCC(C)C(NC(=O)C(N)CO)C(=O)N1CCCC1C(=O)NC(Cc1c[nH]c2ccccc12)C(=O)O. The standard InChI is InChI=1S/C25H35N5O6/c1-3-14(2)21(29-22(32)17(26)13-31)24(34)30-10-6-9-20(30)23(33)28-19(25(35)36)11-15-12-27-18-8-5-4-7-16(15)18/h4-5,7-8,12,14,17,19-21,27,31H,3,6,9-11,13,26H2,1-2H3,(H,28,33)(H,29,32)(H,35,36). The number of carboxylic acid groups (broad SMARTS) is 1. The fourth-order valence-corrected chi connectivity index (χ4v) is 4.50. The van der Waals surface area contributed by atoms with E-state index in [1.807, 2.05) is 31.2 Å². The van der Waals surface area contributed by atoms with Crippen LogP contribution in [0.15, 0.2) is 30.5 Å². The number of carbonyl (C=O) groups excluding carboxylic acids is 3. The van der Waals surface area contributed by atoms with Gasteiger partial charge in [0.1, 0.15) is 24.2 Å². The van der Waals surface area contributed by atoms with Crippen molar-refractivity contribution in [3.8, 4) is 0 Å². The number of para-hydroxylation sites is 1. The lowest BCUT2D eigenvalue weighted by atomic mass is 9.97. The van der Waals surface area contributed by atoms with Crippen molar-refractivity contribution in [1.29, 1.82) is 0 Å². The van der Waals surface area contributed by atoms with E-state index < -0.39 is 54.5 Å². The van der Waals surface area contributed by atoms with Gasteiger partial charge in [0.15, 0.2) is 0 Å². The molecule has 1 fully saturated rings. The van der Waals surface area contributed by atoms with E-state index >= 15 is 0 Å². The highest BCUT2D eigenvalue weighted by Gasteiger charge is 2.40. The number of aliphatic carboxylic acids is 1. The van der Waals surface area contributed by atoms with E-state index in [0.29, 0.717) is 25.8 Å². The average molecular weight is 502 g/mol. The number of carboxylic acids is 1. The Kier molecular flexibility index (Phi) is 9.05. The van der Waals surface area contributed by atoms with Crippen LogP contribution in [0.1, 0.15) is 38.7 Å². The van der Waals surface area contributed by atoms with Gasteiger partial charge in [-0.3, -0.25) is 14.4 Å². The molecule has 0 radical (unpaired) electrons. The Hall–Kier alpha value is -3.44. The summed E-state index contributed by atoms with van der Waals surface area (Å²) in [6.45, 7) is 3.43. The van der Waals surface area contributed by atoms with Crippen LogP contribution < -0.4 is 16.4 Å². The van der Waals surface area contributed by atoms with Crippen LogP contribution in [0.2, 0.25) is 0 Å². The second-order valence-corrected chi connectivity index (χ2v) is 9.31. The third kappa shape index (κ3) is 6.03. The van der Waals surface area contributed by atoms with Crippen LogP contribution in [0, 0.1) is 5.92 Å². The van der Waals surface area contributed by atoms with Crippen molar-refractivity contribution in [3.05, 3.63) is 36.0 Å². The van der Waals surface area contributed by atoms with Crippen LogP contribution in [0.25, 0.3) is 10.9 Å². The number of benzene rings is 1. The van der Waals surface area contributed by atoms with Gasteiger partial charge < -0.3 is 36.5 Å². The first-order chi connectivity index (χ1) is 17.2. The molecule has 0 spiro atoms. The maximum atomic E-state index is 13.4. The molecule has 2 heterocycles. The summed E-state index contributed by atoms with van der Waals surface area (Å²) in [5.41, 5.74) is 7.23. The third-order valence-electron chi connectivity index (χ3n) is 6.86. The molecule has 11 nitrogen and oxygen atoms in total. The molecule has 7 N–H and O–H groups in total. The Morgan fingerprint density at radius 3 is 2.61 bits per heavy atom. The lowest BCUT2D eigenvalue weighted by Crippen LogP contribution is -2.58. The zero-order valence-corrected chi connectivity index (χ0v) is 20.6. The van der Waals surface area contributed by atoms with E-state index in [4.69, 9.17) is 5.73 Å². The van der Waals surface area contributed by atoms with Crippen molar-refractivity contribution in [2.75, 3.05) is 13.2 Å². The van der Waals surface area contributed by atoms with Crippen LogP contribution in [0.5, 0.6) is 0 Å². The fraction of sp³-hybridized carbons (Fsp3) is 0.520. The first kappa shape index (κ1) is 27.2. The molecule has 5 unspecified atom stereocenters. The summed E-state index contributed by atoms with van der Waals surface area (Å²) in [5.74, 6) is -3.04. The number of hydrogen-bond acceptors (Lipinski definition) is 6. The lowest BCUT2D eigenvalue weighted by Gasteiger charge is -2.32. The summed E-state index contributed by atoms with van der Waals surface area (Å²) in [7, 11) is 0. The van der Waals surface area contributed by atoms with Gasteiger partial charge in [0.05, 0.1) is 6.61 Å². The highest BCUT2D eigenvalue weighted by Crippen LogP contribution is 2.23. The molecular formula is C25H35N5O6. The molecule has 196 valence electrons. The first-order valence-electron chi connectivity index (χ1n) is 12.2. The zero-order valence-electron chi connectivity index (χ0n) is 20.6. The minimum Gasteiger partial charge on any atom is -0.480 e. The van der Waals surface area contributed by atoms with Crippen molar-refractivity contribution in [3.63, 3.8) is 0 Å². The van der Waals surface area contributed by atoms with Crippen molar-refractivity contribution < 1.29 is 29.4 Å². The van der Waals surface area contributed by atoms with E-state index in [-0.39, 0.29) is 12.3 Å². The van der Waals surface area contributed by atoms with Gasteiger partial charge in [-0.05, 0) is 30.4 Å². The number of likely N-dealkylation sites (tertiary alicyclic amines) is 1. The number of nitrogens with one attached hydrogen (secondary N) is 3. The minimum atomic E-state index is -1.18. The van der Waals surface area contributed by atoms with Gasteiger partial charge in [0, 0.05) is 30.1 Å². The fourth-order valence-electron chi connectivity index (χ4n) is 4.50. The normalized spacial score (nSPS) is 18.9. The molecule has 0 bridgehead atoms. The summed E-state index contributed by atoms with van der Waals surface area (Å²) in [6, 6.07) is 3.38. The smallest absolute Gasteiger partial charge is 0.326 e. The summed E-state index contributed by atoms with van der Waals surface area (Å²) >= 11 is 0. The number of fused-ring (bicyclic) bond motifs is 1. The molecule has 5 atom stereocenters. The largest absolute Gasteiger partial charge is 0.480 e. The number of nitrogens with two attached hydrogens (primary N) is 1. The van der Waals surface area contributed by atoms with Gasteiger partial charge in [-0.2, -0.15) is 0 Å². The third-order valence-corrected chi connectivity index (χ3v) is 6.86. The average Bonchev–Trinajstić information content (AvgIpc) is 3.53. The highest BCUT2D eigenvalue weighted by molar-refractivity contribution is 5.95. The summed E-state index contributed by atoms with van der Waals surface area (Å²) in [6.07, 6.45) is 3.35. The van der Waals surface area contributed by atoms with E-state index in [1.54, 1.807) is 13.1 Å². The van der Waals surface area contributed by atoms with Crippen LogP contribution in [0.4, 0.5) is 0 Å². The molecule has 1 aliphatic rings. The monoisotopic (exact) mass is 501 g/mol. The molecule has 1 aliphatic heterocycles. The molecule has 3 amide bonds. The molecule has 3 rings (SSSR count). The summed E-state index contributed by atoms with van der Waals surface area (Å²) in [4.78, 5) is 55.4. The molecule has 36 heavy (non-hydrogen) atoms. The summed E-state index contributed by atoms with van der Waals surface area (Å²) < 4.78 is 0. The Balaban J connectivity index is 1.74. The molecule has 11 heteroatoms. The maximum absolute atomic E-state index is 13.4.